The Kier molecular flexibility index (Phi) is 7.64. The first-order chi connectivity index (χ1) is 17.2. The molecule has 2 aromatic heterocycles. The maximum Gasteiger partial charge on any atom is 0.253 e. The highest BCUT2D eigenvalue weighted by Crippen LogP contribution is 2.36. The molecule has 1 aromatic carbocycles. The van der Waals surface area contributed by atoms with Crippen molar-refractivity contribution in [3.05, 3.63) is 63.2 Å². The van der Waals surface area contributed by atoms with Gasteiger partial charge in [0.05, 0.1) is 0 Å². The highest BCUT2D eigenvalue weighted by atomic mass is 16.1. The number of pyridine rings is 2. The number of primary amides is 1. The van der Waals surface area contributed by atoms with E-state index >= 15 is 0 Å². The minimum absolute atomic E-state index is 0.107. The van der Waals surface area contributed by atoms with Crippen molar-refractivity contribution in [1.29, 1.82) is 0 Å². The van der Waals surface area contributed by atoms with Gasteiger partial charge < -0.3 is 25.8 Å². The van der Waals surface area contributed by atoms with Gasteiger partial charge in [0.15, 0.2) is 0 Å². The van der Waals surface area contributed by atoms with Gasteiger partial charge in [-0.1, -0.05) is 0 Å². The summed E-state index contributed by atoms with van der Waals surface area (Å²) in [6.07, 6.45) is 6.29. The molecule has 0 radical (unpaired) electrons. The fraction of sp³-hybridized carbons (Fsp3) is 0.464. The summed E-state index contributed by atoms with van der Waals surface area (Å²) in [6, 6.07) is 8.70. The SMILES string of the molecule is CCN(c1cc(C(N)=O)cc2c(NCc3c(C)cc(C)[nH]c3=O)nccc12)C1CCC(N(C)C)CC1. The average Bonchev–Trinajstić information content (AvgIpc) is 2.84. The number of rotatable bonds is 8. The van der Waals surface area contributed by atoms with E-state index in [0.717, 1.165) is 59.9 Å². The van der Waals surface area contributed by atoms with Crippen LogP contribution in [0.25, 0.3) is 10.8 Å². The second-order valence-electron chi connectivity index (χ2n) is 10.1. The van der Waals surface area contributed by atoms with Crippen LogP contribution >= 0.6 is 0 Å². The van der Waals surface area contributed by atoms with Gasteiger partial charge in [-0.2, -0.15) is 0 Å². The monoisotopic (exact) mass is 490 g/mol. The zero-order valence-corrected chi connectivity index (χ0v) is 22.0. The first kappa shape index (κ1) is 25.7. The maximum atomic E-state index is 12.5. The molecule has 4 rings (SSSR count). The van der Waals surface area contributed by atoms with Gasteiger partial charge in [0.25, 0.3) is 5.56 Å². The minimum atomic E-state index is -0.467. The molecule has 36 heavy (non-hydrogen) atoms. The summed E-state index contributed by atoms with van der Waals surface area (Å²) in [7, 11) is 4.31. The number of nitrogens with one attached hydrogen (secondary N) is 2. The Bertz CT molecular complexity index is 1310. The molecule has 0 aliphatic heterocycles. The van der Waals surface area contributed by atoms with E-state index in [9.17, 15) is 9.59 Å². The van der Waals surface area contributed by atoms with Gasteiger partial charge in [-0.3, -0.25) is 9.59 Å². The Labute approximate surface area is 212 Å². The number of aryl methyl sites for hydroxylation is 2. The minimum Gasteiger partial charge on any atom is -0.368 e. The number of H-pyrrole nitrogens is 1. The molecule has 1 aliphatic rings. The van der Waals surface area contributed by atoms with Gasteiger partial charge in [0, 0.05) is 64.7 Å². The van der Waals surface area contributed by atoms with E-state index in [4.69, 9.17) is 5.73 Å². The van der Waals surface area contributed by atoms with Gasteiger partial charge in [-0.15, -0.1) is 0 Å². The fourth-order valence-electron chi connectivity index (χ4n) is 5.57. The quantitative estimate of drug-likeness (QED) is 0.441. The molecule has 192 valence electrons. The molecule has 3 aromatic rings. The van der Waals surface area contributed by atoms with Gasteiger partial charge in [0.2, 0.25) is 5.91 Å². The van der Waals surface area contributed by atoms with Crippen LogP contribution in [-0.2, 0) is 6.54 Å². The molecule has 1 amide bonds. The van der Waals surface area contributed by atoms with Crippen LogP contribution in [0.2, 0.25) is 0 Å². The van der Waals surface area contributed by atoms with Crippen LogP contribution < -0.4 is 21.5 Å². The predicted octanol–water partition coefficient (Wildman–Crippen LogP) is 3.95. The molecule has 0 spiro atoms. The Morgan fingerprint density at radius 2 is 1.81 bits per heavy atom. The van der Waals surface area contributed by atoms with Crippen molar-refractivity contribution in [3.8, 4) is 0 Å². The largest absolute Gasteiger partial charge is 0.368 e. The fourth-order valence-corrected chi connectivity index (χ4v) is 5.57. The molecule has 8 nitrogen and oxygen atoms in total. The molecule has 4 N–H and O–H groups in total. The zero-order valence-electron chi connectivity index (χ0n) is 22.0. The number of anilines is 2. The number of amides is 1. The number of benzene rings is 1. The van der Waals surface area contributed by atoms with Crippen LogP contribution in [0.15, 0.2) is 35.3 Å². The van der Waals surface area contributed by atoms with Crippen molar-refractivity contribution < 1.29 is 4.79 Å². The van der Waals surface area contributed by atoms with Crippen LogP contribution in [-0.4, -0.2) is 53.5 Å². The van der Waals surface area contributed by atoms with Crippen LogP contribution in [0.3, 0.4) is 0 Å². The number of carbonyl (C=O) groups is 1. The van der Waals surface area contributed by atoms with E-state index in [1.165, 1.54) is 0 Å². The number of carbonyl (C=O) groups excluding carboxylic acids is 1. The molecule has 0 bridgehead atoms. The van der Waals surface area contributed by atoms with Crippen LogP contribution in [0.1, 0.15) is 59.8 Å². The second-order valence-corrected chi connectivity index (χ2v) is 10.1. The average molecular weight is 491 g/mol. The summed E-state index contributed by atoms with van der Waals surface area (Å²) in [6.45, 7) is 7.13. The number of nitrogens with zero attached hydrogens (tertiary/aromatic N) is 3. The Morgan fingerprint density at radius 3 is 2.42 bits per heavy atom. The summed E-state index contributed by atoms with van der Waals surface area (Å²) in [5.74, 6) is 0.162. The van der Waals surface area contributed by atoms with E-state index in [1.807, 2.05) is 32.0 Å². The second kappa shape index (κ2) is 10.7. The van der Waals surface area contributed by atoms with E-state index in [1.54, 1.807) is 12.3 Å². The zero-order chi connectivity index (χ0) is 26.0. The highest BCUT2D eigenvalue weighted by molar-refractivity contribution is 6.06. The molecule has 0 saturated heterocycles. The molecule has 0 unspecified atom stereocenters. The summed E-state index contributed by atoms with van der Waals surface area (Å²) >= 11 is 0. The standard InChI is InChI=1S/C28H38N6O2/c1-6-34(21-9-7-20(8-10-21)33(4)5)25-15-19(26(29)35)14-23-22(25)11-12-30-27(23)31-16-24-17(2)13-18(3)32-28(24)36/h11-15,20-21H,6-10,16H2,1-5H3,(H2,29,35)(H,30,31)(H,32,36). The van der Waals surface area contributed by atoms with Crippen LogP contribution in [0.5, 0.6) is 0 Å². The molecular formula is C28H38N6O2. The van der Waals surface area contributed by atoms with Crippen LogP contribution in [0.4, 0.5) is 11.5 Å². The van der Waals surface area contributed by atoms with Crippen molar-refractivity contribution in [1.82, 2.24) is 14.9 Å². The maximum absolute atomic E-state index is 12.5. The molecule has 8 heteroatoms. The molecule has 1 saturated carbocycles. The molecule has 1 fully saturated rings. The summed E-state index contributed by atoms with van der Waals surface area (Å²) in [5, 5.41) is 5.19. The van der Waals surface area contributed by atoms with Crippen molar-refractivity contribution >= 4 is 28.2 Å². The third-order valence-electron chi connectivity index (χ3n) is 7.56. The number of nitrogens with two attached hydrogens (primary N) is 1. The van der Waals surface area contributed by atoms with E-state index < -0.39 is 5.91 Å². The van der Waals surface area contributed by atoms with Gasteiger partial charge in [-0.05, 0) is 90.4 Å². The Balaban J connectivity index is 1.72. The lowest BCUT2D eigenvalue weighted by atomic mass is 9.89. The summed E-state index contributed by atoms with van der Waals surface area (Å²) < 4.78 is 0. The highest BCUT2D eigenvalue weighted by Gasteiger charge is 2.28. The Morgan fingerprint density at radius 1 is 1.11 bits per heavy atom. The lowest BCUT2D eigenvalue weighted by molar-refractivity contribution is 0.100. The molecule has 2 heterocycles. The van der Waals surface area contributed by atoms with Crippen molar-refractivity contribution in [2.75, 3.05) is 30.9 Å². The lowest BCUT2D eigenvalue weighted by Gasteiger charge is -2.40. The summed E-state index contributed by atoms with van der Waals surface area (Å²) in [5.41, 5.74) is 9.54. The van der Waals surface area contributed by atoms with E-state index in [2.05, 4.69) is 46.1 Å². The normalized spacial score (nSPS) is 17.9. The first-order valence-corrected chi connectivity index (χ1v) is 12.8. The van der Waals surface area contributed by atoms with E-state index in [0.29, 0.717) is 35.6 Å². The number of aromatic amines is 1. The number of hydrogen-bond acceptors (Lipinski definition) is 6. The van der Waals surface area contributed by atoms with Gasteiger partial charge in [0.1, 0.15) is 5.82 Å². The van der Waals surface area contributed by atoms with Gasteiger partial charge in [-0.25, -0.2) is 4.98 Å². The topological polar surface area (TPSA) is 107 Å². The number of hydrogen-bond donors (Lipinski definition) is 3. The molecule has 0 atom stereocenters. The first-order valence-electron chi connectivity index (χ1n) is 12.8. The van der Waals surface area contributed by atoms with Crippen molar-refractivity contribution in [3.63, 3.8) is 0 Å². The third kappa shape index (κ3) is 5.23. The Hall–Kier alpha value is -3.39. The predicted molar refractivity (Wildman–Crippen MR) is 147 cm³/mol. The lowest BCUT2D eigenvalue weighted by Crippen LogP contribution is -2.42. The molecular weight excluding hydrogens is 452 g/mol. The smallest absolute Gasteiger partial charge is 0.253 e. The van der Waals surface area contributed by atoms with E-state index in [-0.39, 0.29) is 5.56 Å². The third-order valence-corrected chi connectivity index (χ3v) is 7.56. The number of aromatic nitrogens is 2. The van der Waals surface area contributed by atoms with Crippen molar-refractivity contribution in [2.45, 2.75) is 65.1 Å². The van der Waals surface area contributed by atoms with Crippen molar-refractivity contribution in [2.24, 2.45) is 5.73 Å². The number of fused-ring (bicyclic) bond motifs is 1. The summed E-state index contributed by atoms with van der Waals surface area (Å²) in [4.78, 5) is 37.0. The van der Waals surface area contributed by atoms with Crippen LogP contribution in [0, 0.1) is 13.8 Å². The van der Waals surface area contributed by atoms with Gasteiger partial charge >= 0.3 is 0 Å². The molecule has 1 aliphatic carbocycles.